The summed E-state index contributed by atoms with van der Waals surface area (Å²) in [5.41, 5.74) is 7.20. The first-order valence-electron chi connectivity index (χ1n) is 5.87. The van der Waals surface area contributed by atoms with Crippen LogP contribution in [0.25, 0.3) is 11.0 Å². The number of nitrogens with zero attached hydrogens (tertiary/aromatic N) is 1. The summed E-state index contributed by atoms with van der Waals surface area (Å²) >= 11 is 3.31. The number of aromatic nitrogens is 2. The van der Waals surface area contributed by atoms with Crippen molar-refractivity contribution in [2.24, 2.45) is 0 Å². The topological polar surface area (TPSA) is 80.9 Å². The molecule has 6 heteroatoms. The first-order valence-corrected chi connectivity index (χ1v) is 6.66. The largest absolute Gasteiger partial charge is 0.399 e. The highest BCUT2D eigenvalue weighted by molar-refractivity contribution is 9.10. The van der Waals surface area contributed by atoms with Crippen LogP contribution in [0.5, 0.6) is 0 Å². The van der Waals surface area contributed by atoms with Gasteiger partial charge in [-0.2, -0.15) is 0 Å². The lowest BCUT2D eigenvalue weighted by Gasteiger charge is -2.03. The minimum Gasteiger partial charge on any atom is -0.399 e. The molecule has 3 aromatic rings. The minimum absolute atomic E-state index is 0.382. The Labute approximate surface area is 122 Å². The summed E-state index contributed by atoms with van der Waals surface area (Å²) in [5, 5.41) is 0. The second-order valence-corrected chi connectivity index (χ2v) is 5.27. The lowest BCUT2D eigenvalue weighted by molar-refractivity contribution is 0.0961. The predicted molar refractivity (Wildman–Crippen MR) is 80.8 cm³/mol. The smallest absolute Gasteiger partial charge is 0.333 e. The van der Waals surface area contributed by atoms with E-state index in [-0.39, 0.29) is 5.91 Å². The molecule has 0 fully saturated rings. The number of hydrogen-bond acceptors (Lipinski definition) is 3. The van der Waals surface area contributed by atoms with Gasteiger partial charge in [-0.1, -0.05) is 22.0 Å². The average molecular weight is 332 g/mol. The molecule has 20 heavy (non-hydrogen) atoms. The van der Waals surface area contributed by atoms with Gasteiger partial charge in [0.25, 0.3) is 5.91 Å². The van der Waals surface area contributed by atoms with Gasteiger partial charge >= 0.3 is 5.69 Å². The van der Waals surface area contributed by atoms with Gasteiger partial charge in [-0.15, -0.1) is 0 Å². The standard InChI is InChI=1S/C14H10BrN3O2/c15-9-3-1-2-8(6-9)13(19)18-12-5-4-10(16)7-11(12)17-14(18)20/h1-7H,16H2,(H,17,20). The molecule has 3 rings (SSSR count). The molecule has 0 saturated carbocycles. The van der Waals surface area contributed by atoms with E-state index in [9.17, 15) is 9.59 Å². The van der Waals surface area contributed by atoms with Crippen molar-refractivity contribution in [2.45, 2.75) is 0 Å². The van der Waals surface area contributed by atoms with E-state index in [1.807, 2.05) is 6.07 Å². The van der Waals surface area contributed by atoms with Crippen molar-refractivity contribution in [1.29, 1.82) is 0 Å². The van der Waals surface area contributed by atoms with Crippen molar-refractivity contribution >= 4 is 38.6 Å². The number of anilines is 1. The number of nitrogens with two attached hydrogens (primary N) is 1. The minimum atomic E-state index is -0.476. The number of carbonyl (C=O) groups excluding carboxylic acids is 1. The second kappa shape index (κ2) is 4.64. The Morgan fingerprint density at radius 3 is 2.75 bits per heavy atom. The van der Waals surface area contributed by atoms with Crippen LogP contribution in [0.2, 0.25) is 0 Å². The molecular weight excluding hydrogens is 322 g/mol. The lowest BCUT2D eigenvalue weighted by Crippen LogP contribution is -2.24. The molecule has 1 aromatic heterocycles. The van der Waals surface area contributed by atoms with Crippen molar-refractivity contribution in [1.82, 2.24) is 9.55 Å². The molecule has 0 aliphatic carbocycles. The SMILES string of the molecule is Nc1ccc2c(c1)[nH]c(=O)n2C(=O)c1cccc(Br)c1. The molecule has 0 amide bonds. The van der Waals surface area contributed by atoms with E-state index in [0.717, 1.165) is 9.04 Å². The van der Waals surface area contributed by atoms with Gasteiger partial charge in [0.15, 0.2) is 0 Å². The van der Waals surface area contributed by atoms with Gasteiger partial charge < -0.3 is 10.7 Å². The van der Waals surface area contributed by atoms with Gasteiger partial charge in [0.05, 0.1) is 11.0 Å². The van der Waals surface area contributed by atoms with E-state index in [2.05, 4.69) is 20.9 Å². The number of rotatable bonds is 1. The summed E-state index contributed by atoms with van der Waals surface area (Å²) in [6.45, 7) is 0. The van der Waals surface area contributed by atoms with Crippen molar-refractivity contribution in [3.63, 3.8) is 0 Å². The number of carbonyl (C=O) groups is 1. The Kier molecular flexibility index (Phi) is 2.94. The molecule has 2 aromatic carbocycles. The van der Waals surface area contributed by atoms with Gasteiger partial charge in [0.2, 0.25) is 0 Å². The van der Waals surface area contributed by atoms with Crippen LogP contribution in [0.3, 0.4) is 0 Å². The first-order chi connectivity index (χ1) is 9.56. The molecule has 3 N–H and O–H groups in total. The summed E-state index contributed by atoms with van der Waals surface area (Å²) in [6.07, 6.45) is 0. The highest BCUT2D eigenvalue weighted by Crippen LogP contribution is 2.17. The number of nitrogens with one attached hydrogen (secondary N) is 1. The number of imidazole rings is 1. The maximum Gasteiger partial charge on any atom is 0.333 e. The monoisotopic (exact) mass is 331 g/mol. The molecule has 0 aliphatic heterocycles. The molecule has 0 bridgehead atoms. The fourth-order valence-electron chi connectivity index (χ4n) is 2.08. The number of fused-ring (bicyclic) bond motifs is 1. The van der Waals surface area contributed by atoms with E-state index < -0.39 is 5.69 Å². The van der Waals surface area contributed by atoms with Crippen LogP contribution < -0.4 is 11.4 Å². The number of benzene rings is 2. The van der Waals surface area contributed by atoms with Crippen LogP contribution in [-0.2, 0) is 0 Å². The number of aromatic amines is 1. The van der Waals surface area contributed by atoms with Gasteiger partial charge in [-0.05, 0) is 36.4 Å². The van der Waals surface area contributed by atoms with Crippen molar-refractivity contribution in [2.75, 3.05) is 5.73 Å². The highest BCUT2D eigenvalue weighted by Gasteiger charge is 2.16. The third-order valence-corrected chi connectivity index (χ3v) is 3.47. The molecule has 1 heterocycles. The number of H-pyrrole nitrogens is 1. The summed E-state index contributed by atoms with van der Waals surface area (Å²) in [7, 11) is 0. The highest BCUT2D eigenvalue weighted by atomic mass is 79.9. The quantitative estimate of drug-likeness (QED) is 0.671. The molecule has 0 saturated heterocycles. The second-order valence-electron chi connectivity index (χ2n) is 4.36. The normalized spacial score (nSPS) is 10.8. The Morgan fingerprint density at radius 2 is 2.00 bits per heavy atom. The predicted octanol–water partition coefficient (Wildman–Crippen LogP) is 2.36. The van der Waals surface area contributed by atoms with Crippen molar-refractivity contribution in [3.8, 4) is 0 Å². The Balaban J connectivity index is 2.22. The third-order valence-electron chi connectivity index (χ3n) is 2.98. The van der Waals surface area contributed by atoms with E-state index in [1.54, 1.807) is 36.4 Å². The summed E-state index contributed by atoms with van der Waals surface area (Å²) in [4.78, 5) is 27.1. The number of halogens is 1. The fraction of sp³-hybridized carbons (Fsp3) is 0. The number of nitrogen functional groups attached to an aromatic ring is 1. The van der Waals surface area contributed by atoms with E-state index >= 15 is 0 Å². The maximum atomic E-state index is 12.5. The van der Waals surface area contributed by atoms with Crippen LogP contribution in [-0.4, -0.2) is 15.5 Å². The summed E-state index contributed by atoms with van der Waals surface area (Å²) in [5.74, 6) is -0.382. The average Bonchev–Trinajstić information content (AvgIpc) is 2.73. The Hall–Kier alpha value is -2.34. The molecule has 0 atom stereocenters. The molecule has 0 spiro atoms. The molecule has 0 aliphatic rings. The van der Waals surface area contributed by atoms with Crippen LogP contribution in [0.4, 0.5) is 5.69 Å². The van der Waals surface area contributed by atoms with E-state index in [0.29, 0.717) is 22.3 Å². The van der Waals surface area contributed by atoms with Crippen molar-refractivity contribution in [3.05, 3.63) is 63.0 Å². The molecular formula is C14H10BrN3O2. The van der Waals surface area contributed by atoms with Crippen molar-refractivity contribution < 1.29 is 4.79 Å². The zero-order chi connectivity index (χ0) is 14.3. The molecule has 5 nitrogen and oxygen atoms in total. The van der Waals surface area contributed by atoms with Gasteiger partial charge in [0, 0.05) is 15.7 Å². The van der Waals surface area contributed by atoms with Crippen LogP contribution in [0, 0.1) is 0 Å². The van der Waals surface area contributed by atoms with Crippen LogP contribution >= 0.6 is 15.9 Å². The zero-order valence-electron chi connectivity index (χ0n) is 10.3. The molecule has 0 unspecified atom stereocenters. The Bertz CT molecular complexity index is 880. The maximum absolute atomic E-state index is 12.5. The van der Waals surface area contributed by atoms with Crippen LogP contribution in [0.15, 0.2) is 51.7 Å². The summed E-state index contributed by atoms with van der Waals surface area (Å²) < 4.78 is 1.89. The lowest BCUT2D eigenvalue weighted by atomic mass is 10.2. The summed E-state index contributed by atoms with van der Waals surface area (Å²) in [6, 6.07) is 11.8. The van der Waals surface area contributed by atoms with Gasteiger partial charge in [-0.25, -0.2) is 9.36 Å². The van der Waals surface area contributed by atoms with E-state index in [1.165, 1.54) is 0 Å². The van der Waals surface area contributed by atoms with E-state index in [4.69, 9.17) is 5.73 Å². The number of hydrogen-bond donors (Lipinski definition) is 2. The van der Waals surface area contributed by atoms with Gasteiger partial charge in [-0.3, -0.25) is 4.79 Å². The van der Waals surface area contributed by atoms with Crippen LogP contribution in [0.1, 0.15) is 10.4 Å². The van der Waals surface area contributed by atoms with Gasteiger partial charge in [0.1, 0.15) is 0 Å². The molecule has 100 valence electrons. The Morgan fingerprint density at radius 1 is 1.20 bits per heavy atom. The third kappa shape index (κ3) is 2.04. The fourth-order valence-corrected chi connectivity index (χ4v) is 2.48. The molecule has 0 radical (unpaired) electrons. The zero-order valence-corrected chi connectivity index (χ0v) is 11.8. The first kappa shape index (κ1) is 12.7.